The molecule has 0 fully saturated rings. The fourth-order valence-electron chi connectivity index (χ4n) is 2.04. The van der Waals surface area contributed by atoms with Gasteiger partial charge in [-0.15, -0.1) is 0 Å². The molecule has 3 heteroatoms. The molecule has 80 valence electrons. The van der Waals surface area contributed by atoms with Gasteiger partial charge in [-0.3, -0.25) is 14.7 Å². The third kappa shape index (κ3) is 1.92. The maximum absolute atomic E-state index is 10.8. The van der Waals surface area contributed by atoms with Crippen LogP contribution in [0.4, 0.5) is 0 Å². The maximum atomic E-state index is 10.8. The van der Waals surface area contributed by atoms with Crippen LogP contribution in [0, 0.1) is 6.92 Å². The Morgan fingerprint density at radius 2 is 2.40 bits per heavy atom. The minimum Gasteiger partial charge on any atom is -0.299 e. The average Bonchev–Trinajstić information content (AvgIpc) is 2.27. The molecule has 0 N–H and O–H groups in total. The van der Waals surface area contributed by atoms with Crippen LogP contribution in [-0.2, 0) is 13.0 Å². The van der Waals surface area contributed by atoms with Gasteiger partial charge in [-0.1, -0.05) is 6.92 Å². The van der Waals surface area contributed by atoms with Gasteiger partial charge in [0, 0.05) is 36.5 Å². The van der Waals surface area contributed by atoms with E-state index >= 15 is 0 Å². The number of fused-ring (bicyclic) bond motifs is 1. The van der Waals surface area contributed by atoms with Gasteiger partial charge in [0.15, 0.2) is 6.29 Å². The molecule has 2 rings (SSSR count). The smallest absolute Gasteiger partial charge is 0.151 e. The van der Waals surface area contributed by atoms with E-state index in [1.807, 2.05) is 13.0 Å². The number of hydrogen-bond acceptors (Lipinski definition) is 3. The molecule has 0 atom stereocenters. The fourth-order valence-corrected chi connectivity index (χ4v) is 2.04. The van der Waals surface area contributed by atoms with Crippen LogP contribution in [0.25, 0.3) is 0 Å². The SMILES string of the molecule is CCN1CCc2nc(C)c(C=O)cc2C1. The van der Waals surface area contributed by atoms with Crippen molar-refractivity contribution in [2.45, 2.75) is 26.8 Å². The minimum absolute atomic E-state index is 0.728. The Hall–Kier alpha value is -1.22. The summed E-state index contributed by atoms with van der Waals surface area (Å²) in [5.74, 6) is 0. The van der Waals surface area contributed by atoms with E-state index in [9.17, 15) is 4.79 Å². The number of likely N-dealkylation sites (N-methyl/N-ethyl adjacent to an activating group) is 1. The Bertz CT molecular complexity index is 387. The van der Waals surface area contributed by atoms with Gasteiger partial charge in [-0.2, -0.15) is 0 Å². The Kier molecular flexibility index (Phi) is 2.82. The summed E-state index contributed by atoms with van der Waals surface area (Å²) in [7, 11) is 0. The number of carbonyl (C=O) groups is 1. The van der Waals surface area contributed by atoms with Crippen molar-refractivity contribution in [3.8, 4) is 0 Å². The van der Waals surface area contributed by atoms with E-state index in [1.54, 1.807) is 0 Å². The van der Waals surface area contributed by atoms with Crippen molar-refractivity contribution in [2.75, 3.05) is 13.1 Å². The molecule has 0 saturated heterocycles. The number of hydrogen-bond donors (Lipinski definition) is 0. The van der Waals surface area contributed by atoms with E-state index in [4.69, 9.17) is 0 Å². The molecular formula is C12H16N2O. The lowest BCUT2D eigenvalue weighted by Gasteiger charge is -2.27. The van der Waals surface area contributed by atoms with Crippen molar-refractivity contribution < 1.29 is 4.79 Å². The van der Waals surface area contributed by atoms with Crippen molar-refractivity contribution in [2.24, 2.45) is 0 Å². The molecular weight excluding hydrogens is 188 g/mol. The highest BCUT2D eigenvalue weighted by Crippen LogP contribution is 2.19. The van der Waals surface area contributed by atoms with Crippen LogP contribution in [-0.4, -0.2) is 29.3 Å². The van der Waals surface area contributed by atoms with Crippen molar-refractivity contribution >= 4 is 6.29 Å². The first-order valence-corrected chi connectivity index (χ1v) is 5.41. The zero-order valence-electron chi connectivity index (χ0n) is 9.29. The summed E-state index contributed by atoms with van der Waals surface area (Å²) < 4.78 is 0. The molecule has 15 heavy (non-hydrogen) atoms. The minimum atomic E-state index is 0.728. The number of aryl methyl sites for hydroxylation is 1. The van der Waals surface area contributed by atoms with Crippen molar-refractivity contribution in [3.05, 3.63) is 28.6 Å². The standard InChI is InChI=1S/C12H16N2O/c1-3-14-5-4-12-10(7-14)6-11(8-15)9(2)13-12/h6,8H,3-5,7H2,1-2H3. The van der Waals surface area contributed by atoms with E-state index in [0.29, 0.717) is 0 Å². The van der Waals surface area contributed by atoms with Crippen molar-refractivity contribution in [3.63, 3.8) is 0 Å². The van der Waals surface area contributed by atoms with E-state index < -0.39 is 0 Å². The molecule has 0 unspecified atom stereocenters. The summed E-state index contributed by atoms with van der Waals surface area (Å²) in [6.07, 6.45) is 1.90. The van der Waals surface area contributed by atoms with Crippen molar-refractivity contribution in [1.82, 2.24) is 9.88 Å². The zero-order chi connectivity index (χ0) is 10.8. The van der Waals surface area contributed by atoms with E-state index in [2.05, 4.69) is 16.8 Å². The first kappa shape index (κ1) is 10.3. The second kappa shape index (κ2) is 4.11. The zero-order valence-corrected chi connectivity index (χ0v) is 9.29. The fraction of sp³-hybridized carbons (Fsp3) is 0.500. The molecule has 1 aromatic heterocycles. The first-order valence-electron chi connectivity index (χ1n) is 5.41. The van der Waals surface area contributed by atoms with E-state index in [0.717, 1.165) is 43.6 Å². The third-order valence-electron chi connectivity index (χ3n) is 3.05. The predicted octanol–water partition coefficient (Wildman–Crippen LogP) is 1.58. The van der Waals surface area contributed by atoms with Crippen molar-refractivity contribution in [1.29, 1.82) is 0 Å². The summed E-state index contributed by atoms with van der Waals surface area (Å²) in [5, 5.41) is 0. The summed E-state index contributed by atoms with van der Waals surface area (Å²) in [4.78, 5) is 17.7. The highest BCUT2D eigenvalue weighted by Gasteiger charge is 2.17. The van der Waals surface area contributed by atoms with E-state index in [-0.39, 0.29) is 0 Å². The molecule has 0 bridgehead atoms. The van der Waals surface area contributed by atoms with Gasteiger partial charge in [0.1, 0.15) is 0 Å². The van der Waals surface area contributed by atoms with Gasteiger partial charge in [0.25, 0.3) is 0 Å². The van der Waals surface area contributed by atoms with E-state index in [1.165, 1.54) is 11.3 Å². The topological polar surface area (TPSA) is 33.2 Å². The molecule has 0 amide bonds. The van der Waals surface area contributed by atoms with Gasteiger partial charge in [0.05, 0.1) is 0 Å². The highest BCUT2D eigenvalue weighted by atomic mass is 16.1. The van der Waals surface area contributed by atoms with Crippen LogP contribution >= 0.6 is 0 Å². The highest BCUT2D eigenvalue weighted by molar-refractivity contribution is 5.76. The molecule has 1 aliphatic heterocycles. The molecule has 0 radical (unpaired) electrons. The Morgan fingerprint density at radius 3 is 3.07 bits per heavy atom. The Labute approximate surface area is 90.1 Å². The molecule has 0 aromatic carbocycles. The number of nitrogens with zero attached hydrogens (tertiary/aromatic N) is 2. The second-order valence-corrected chi connectivity index (χ2v) is 4.01. The first-order chi connectivity index (χ1) is 7.24. The lowest BCUT2D eigenvalue weighted by atomic mass is 10.0. The van der Waals surface area contributed by atoms with Gasteiger partial charge < -0.3 is 0 Å². The summed E-state index contributed by atoms with van der Waals surface area (Å²) in [6.45, 7) is 7.13. The lowest BCUT2D eigenvalue weighted by molar-refractivity contribution is 0.112. The Morgan fingerprint density at radius 1 is 1.60 bits per heavy atom. The lowest BCUT2D eigenvalue weighted by Crippen LogP contribution is -2.31. The van der Waals surface area contributed by atoms with Crippen LogP contribution in [0.1, 0.15) is 34.2 Å². The molecule has 1 aromatic rings. The number of aldehydes is 1. The summed E-state index contributed by atoms with van der Waals surface area (Å²) in [6, 6.07) is 1.99. The van der Waals surface area contributed by atoms with Crippen LogP contribution < -0.4 is 0 Å². The number of pyridine rings is 1. The maximum Gasteiger partial charge on any atom is 0.151 e. The normalized spacial score (nSPS) is 16.1. The van der Waals surface area contributed by atoms with Crippen LogP contribution in [0.5, 0.6) is 0 Å². The van der Waals surface area contributed by atoms with Gasteiger partial charge in [-0.05, 0) is 25.1 Å². The number of rotatable bonds is 2. The van der Waals surface area contributed by atoms with Crippen LogP contribution in [0.2, 0.25) is 0 Å². The van der Waals surface area contributed by atoms with Crippen LogP contribution in [0.15, 0.2) is 6.07 Å². The largest absolute Gasteiger partial charge is 0.299 e. The number of aromatic nitrogens is 1. The molecule has 1 aliphatic rings. The predicted molar refractivity (Wildman–Crippen MR) is 59.0 cm³/mol. The van der Waals surface area contributed by atoms with Crippen LogP contribution in [0.3, 0.4) is 0 Å². The molecule has 0 spiro atoms. The average molecular weight is 204 g/mol. The molecule has 0 aliphatic carbocycles. The van der Waals surface area contributed by atoms with Gasteiger partial charge >= 0.3 is 0 Å². The second-order valence-electron chi connectivity index (χ2n) is 4.01. The Balaban J connectivity index is 2.37. The molecule has 0 saturated carbocycles. The number of carbonyl (C=O) groups excluding carboxylic acids is 1. The quantitative estimate of drug-likeness (QED) is 0.686. The summed E-state index contributed by atoms with van der Waals surface area (Å²) in [5.41, 5.74) is 3.97. The third-order valence-corrected chi connectivity index (χ3v) is 3.05. The van der Waals surface area contributed by atoms with Gasteiger partial charge in [-0.25, -0.2) is 0 Å². The molecule has 3 nitrogen and oxygen atoms in total. The molecule has 2 heterocycles. The monoisotopic (exact) mass is 204 g/mol. The van der Waals surface area contributed by atoms with Gasteiger partial charge in [0.2, 0.25) is 0 Å². The summed E-state index contributed by atoms with van der Waals surface area (Å²) >= 11 is 0.